The maximum atomic E-state index is 10.8. The second-order valence-corrected chi connectivity index (χ2v) is 5.45. The lowest BCUT2D eigenvalue weighted by molar-refractivity contribution is -0.0157. The van der Waals surface area contributed by atoms with Gasteiger partial charge in [0.1, 0.15) is 5.75 Å². The Bertz CT molecular complexity index is 414. The van der Waals surface area contributed by atoms with Crippen molar-refractivity contribution < 1.29 is 9.84 Å². The third-order valence-corrected chi connectivity index (χ3v) is 4.14. The van der Waals surface area contributed by atoms with Gasteiger partial charge in [0.25, 0.3) is 0 Å². The third-order valence-electron chi connectivity index (χ3n) is 3.83. The fraction of sp³-hybridized carbons (Fsp3) is 0.571. The van der Waals surface area contributed by atoms with Gasteiger partial charge < -0.3 is 15.2 Å². The summed E-state index contributed by atoms with van der Waals surface area (Å²) < 4.78 is 5.21. The molecule has 1 aromatic rings. The molecule has 1 aromatic carbocycles. The van der Waals surface area contributed by atoms with Crippen LogP contribution in [0.3, 0.4) is 0 Å². The van der Waals surface area contributed by atoms with Gasteiger partial charge in [-0.3, -0.25) is 0 Å². The zero-order valence-electron chi connectivity index (χ0n) is 10.9. The van der Waals surface area contributed by atoms with Crippen LogP contribution in [0.2, 0.25) is 5.02 Å². The van der Waals surface area contributed by atoms with E-state index in [2.05, 4.69) is 5.32 Å². The first-order chi connectivity index (χ1) is 8.55. The average molecular weight is 270 g/mol. The van der Waals surface area contributed by atoms with Gasteiger partial charge in [0.2, 0.25) is 0 Å². The first-order valence-electron chi connectivity index (χ1n) is 6.33. The number of hydrogen-bond acceptors (Lipinski definition) is 3. The Hall–Kier alpha value is -0.770. The number of methoxy groups -OCH3 is 1. The van der Waals surface area contributed by atoms with Gasteiger partial charge in [-0.2, -0.15) is 0 Å². The van der Waals surface area contributed by atoms with E-state index in [1.807, 2.05) is 19.1 Å². The first kappa shape index (κ1) is 13.7. The quantitative estimate of drug-likeness (QED) is 0.886. The predicted molar refractivity (Wildman–Crippen MR) is 73.2 cm³/mol. The molecule has 0 spiro atoms. The minimum atomic E-state index is -0.856. The number of ether oxygens (including phenoxy) is 1. The highest BCUT2D eigenvalue weighted by atomic mass is 35.5. The summed E-state index contributed by atoms with van der Waals surface area (Å²) in [4.78, 5) is 0. The molecule has 2 unspecified atom stereocenters. The monoisotopic (exact) mass is 269 g/mol. The number of nitrogens with one attached hydrogen (secondary N) is 1. The van der Waals surface area contributed by atoms with Crippen LogP contribution in [-0.4, -0.2) is 25.3 Å². The summed E-state index contributed by atoms with van der Waals surface area (Å²) in [6, 6.07) is 5.48. The number of hydrogen-bond donors (Lipinski definition) is 2. The second kappa shape index (κ2) is 5.47. The summed E-state index contributed by atoms with van der Waals surface area (Å²) in [5.41, 5.74) is 0.00289. The molecule has 1 saturated heterocycles. The van der Waals surface area contributed by atoms with Crippen molar-refractivity contribution in [2.45, 2.75) is 25.4 Å². The molecular formula is C14H20ClNO2. The highest BCUT2D eigenvalue weighted by Crippen LogP contribution is 2.36. The van der Waals surface area contributed by atoms with Crippen LogP contribution in [-0.2, 0) is 5.60 Å². The fourth-order valence-corrected chi connectivity index (χ4v) is 2.74. The normalized spacial score (nSPS) is 23.4. The molecule has 18 heavy (non-hydrogen) atoms. The van der Waals surface area contributed by atoms with E-state index in [9.17, 15) is 5.11 Å². The molecule has 0 radical (unpaired) electrons. The summed E-state index contributed by atoms with van der Waals surface area (Å²) in [6.07, 6.45) is 2.14. The topological polar surface area (TPSA) is 41.5 Å². The summed E-state index contributed by atoms with van der Waals surface area (Å²) in [6.45, 7) is 3.75. The molecule has 2 atom stereocenters. The van der Waals surface area contributed by atoms with Crippen LogP contribution in [0.4, 0.5) is 0 Å². The number of halogens is 1. The Labute approximate surface area is 113 Å². The van der Waals surface area contributed by atoms with Gasteiger partial charge in [0, 0.05) is 12.5 Å². The van der Waals surface area contributed by atoms with E-state index in [1.54, 1.807) is 13.2 Å². The summed E-state index contributed by atoms with van der Waals surface area (Å²) >= 11 is 6.01. The zero-order valence-corrected chi connectivity index (χ0v) is 11.6. The molecule has 1 heterocycles. The van der Waals surface area contributed by atoms with Gasteiger partial charge in [0.15, 0.2) is 0 Å². The van der Waals surface area contributed by atoms with Gasteiger partial charge in [0.05, 0.1) is 17.7 Å². The molecule has 1 aliphatic rings. The molecule has 3 nitrogen and oxygen atoms in total. The van der Waals surface area contributed by atoms with Gasteiger partial charge in [-0.25, -0.2) is 0 Å². The highest BCUT2D eigenvalue weighted by molar-refractivity contribution is 6.32. The minimum Gasteiger partial charge on any atom is -0.495 e. The SMILES string of the molecule is COc1cc(C(C)(O)C2CCCNC2)ccc1Cl. The van der Waals surface area contributed by atoms with E-state index in [-0.39, 0.29) is 5.92 Å². The van der Waals surface area contributed by atoms with Crippen molar-refractivity contribution in [2.24, 2.45) is 5.92 Å². The minimum absolute atomic E-state index is 0.220. The van der Waals surface area contributed by atoms with Gasteiger partial charge >= 0.3 is 0 Å². The number of rotatable bonds is 3. The molecule has 0 aliphatic carbocycles. The molecule has 0 bridgehead atoms. The average Bonchev–Trinajstić information content (AvgIpc) is 2.40. The Morgan fingerprint density at radius 3 is 2.89 bits per heavy atom. The van der Waals surface area contributed by atoms with E-state index in [0.29, 0.717) is 10.8 Å². The smallest absolute Gasteiger partial charge is 0.137 e. The van der Waals surface area contributed by atoms with Crippen molar-refractivity contribution in [3.05, 3.63) is 28.8 Å². The molecular weight excluding hydrogens is 250 g/mol. The lowest BCUT2D eigenvalue weighted by Gasteiger charge is -2.36. The van der Waals surface area contributed by atoms with Gasteiger partial charge in [-0.05, 0) is 44.0 Å². The highest BCUT2D eigenvalue weighted by Gasteiger charge is 2.34. The molecule has 2 rings (SSSR count). The van der Waals surface area contributed by atoms with Crippen LogP contribution in [0.1, 0.15) is 25.3 Å². The fourth-order valence-electron chi connectivity index (χ4n) is 2.54. The van der Waals surface area contributed by atoms with E-state index in [1.165, 1.54) is 0 Å². The van der Waals surface area contributed by atoms with E-state index < -0.39 is 5.60 Å². The molecule has 0 saturated carbocycles. The molecule has 1 fully saturated rings. The largest absolute Gasteiger partial charge is 0.495 e. The van der Waals surface area contributed by atoms with Crippen LogP contribution >= 0.6 is 11.6 Å². The molecule has 2 N–H and O–H groups in total. The Kier molecular flexibility index (Phi) is 4.15. The Morgan fingerprint density at radius 1 is 1.50 bits per heavy atom. The summed E-state index contributed by atoms with van der Waals surface area (Å²) in [7, 11) is 1.59. The van der Waals surface area contributed by atoms with E-state index >= 15 is 0 Å². The van der Waals surface area contributed by atoms with Crippen molar-refractivity contribution in [2.75, 3.05) is 20.2 Å². The first-order valence-corrected chi connectivity index (χ1v) is 6.70. The third kappa shape index (κ3) is 2.63. The number of piperidine rings is 1. The maximum Gasteiger partial charge on any atom is 0.137 e. The van der Waals surface area contributed by atoms with Crippen molar-refractivity contribution >= 4 is 11.6 Å². The predicted octanol–water partition coefficient (Wildman–Crippen LogP) is 2.56. The second-order valence-electron chi connectivity index (χ2n) is 5.04. The molecule has 4 heteroatoms. The Balaban J connectivity index is 2.27. The maximum absolute atomic E-state index is 10.8. The van der Waals surface area contributed by atoms with Crippen LogP contribution in [0, 0.1) is 5.92 Å². The summed E-state index contributed by atoms with van der Waals surface area (Å²) in [5.74, 6) is 0.829. The van der Waals surface area contributed by atoms with Crippen molar-refractivity contribution in [1.82, 2.24) is 5.32 Å². The molecule has 1 aliphatic heterocycles. The Morgan fingerprint density at radius 2 is 2.28 bits per heavy atom. The molecule has 0 aromatic heterocycles. The van der Waals surface area contributed by atoms with Gasteiger partial charge in [-0.1, -0.05) is 17.7 Å². The van der Waals surface area contributed by atoms with Crippen molar-refractivity contribution in [3.8, 4) is 5.75 Å². The number of benzene rings is 1. The molecule has 0 amide bonds. The van der Waals surface area contributed by atoms with Crippen LogP contribution in [0.15, 0.2) is 18.2 Å². The zero-order chi connectivity index (χ0) is 13.2. The standard InChI is InChI=1S/C14H20ClNO2/c1-14(17,11-4-3-7-16-9-11)10-5-6-12(15)13(8-10)18-2/h5-6,8,11,16-17H,3-4,7,9H2,1-2H3. The van der Waals surface area contributed by atoms with Crippen LogP contribution in [0.5, 0.6) is 5.75 Å². The molecule has 100 valence electrons. The van der Waals surface area contributed by atoms with E-state index in [4.69, 9.17) is 16.3 Å². The van der Waals surface area contributed by atoms with Gasteiger partial charge in [-0.15, -0.1) is 0 Å². The lowest BCUT2D eigenvalue weighted by atomic mass is 9.79. The number of aliphatic hydroxyl groups is 1. The van der Waals surface area contributed by atoms with Crippen molar-refractivity contribution in [1.29, 1.82) is 0 Å². The lowest BCUT2D eigenvalue weighted by Crippen LogP contribution is -2.42. The van der Waals surface area contributed by atoms with E-state index in [0.717, 1.165) is 31.5 Å². The van der Waals surface area contributed by atoms with Crippen LogP contribution in [0.25, 0.3) is 0 Å². The van der Waals surface area contributed by atoms with Crippen LogP contribution < -0.4 is 10.1 Å². The van der Waals surface area contributed by atoms with Crippen molar-refractivity contribution in [3.63, 3.8) is 0 Å². The summed E-state index contributed by atoms with van der Waals surface area (Å²) in [5, 5.41) is 14.7.